The fraction of sp³-hybridized carbons (Fsp3) is 0.400. The Hall–Kier alpha value is -2.72. The molecule has 2 aromatic rings. The van der Waals surface area contributed by atoms with Crippen molar-refractivity contribution in [2.45, 2.75) is 32.4 Å². The number of hydrogen-bond acceptors (Lipinski definition) is 7. The molecule has 0 aliphatic carbocycles. The number of nitrogens with zero attached hydrogens (tertiary/aromatic N) is 1. The van der Waals surface area contributed by atoms with Gasteiger partial charge in [0.2, 0.25) is 0 Å². The molecule has 1 atom stereocenters. The van der Waals surface area contributed by atoms with E-state index in [2.05, 4.69) is 20.9 Å². The Balaban J connectivity index is 1.48. The van der Waals surface area contributed by atoms with Crippen LogP contribution in [0, 0.1) is 0 Å². The van der Waals surface area contributed by atoms with Crippen molar-refractivity contribution in [2.24, 2.45) is 0 Å². The summed E-state index contributed by atoms with van der Waals surface area (Å²) in [5.41, 5.74) is 3.87. The Kier molecular flexibility index (Phi) is 8.92. The fourth-order valence-corrected chi connectivity index (χ4v) is 4.62. The molecule has 3 N–H and O–H groups in total. The van der Waals surface area contributed by atoms with Crippen LogP contribution < -0.4 is 20.7 Å². The molecule has 0 radical (unpaired) electrons. The van der Waals surface area contributed by atoms with Gasteiger partial charge in [0.1, 0.15) is 23.4 Å². The normalized spacial score (nSPS) is 18.1. The number of benzene rings is 1. The van der Waals surface area contributed by atoms with E-state index in [0.717, 1.165) is 28.9 Å². The lowest BCUT2D eigenvalue weighted by molar-refractivity contribution is -0.117. The van der Waals surface area contributed by atoms with E-state index in [-0.39, 0.29) is 12.0 Å². The molecule has 0 spiro atoms. The monoisotopic (exact) mass is 516 g/mol. The molecule has 1 saturated heterocycles. The van der Waals surface area contributed by atoms with Crippen molar-refractivity contribution in [1.82, 2.24) is 15.6 Å². The Morgan fingerprint density at radius 1 is 1.34 bits per heavy atom. The first-order chi connectivity index (χ1) is 17.1. The molecule has 35 heavy (non-hydrogen) atoms. The predicted molar refractivity (Wildman–Crippen MR) is 139 cm³/mol. The summed E-state index contributed by atoms with van der Waals surface area (Å²) >= 11 is 12.0. The van der Waals surface area contributed by atoms with Gasteiger partial charge in [-0.25, -0.2) is 0 Å². The number of rotatable bonds is 9. The maximum absolute atomic E-state index is 12.8. The van der Waals surface area contributed by atoms with Gasteiger partial charge in [0.15, 0.2) is 0 Å². The van der Waals surface area contributed by atoms with Crippen LogP contribution in [0.3, 0.4) is 0 Å². The maximum atomic E-state index is 12.8. The fourth-order valence-electron chi connectivity index (χ4n) is 3.99. The van der Waals surface area contributed by atoms with E-state index in [9.17, 15) is 4.79 Å². The average molecular weight is 517 g/mol. The molecular weight excluding hydrogens is 488 g/mol. The number of nitrogens with one attached hydrogen (secondary N) is 3. The van der Waals surface area contributed by atoms with E-state index in [1.807, 2.05) is 31.2 Å². The molecule has 1 aromatic heterocycles. The van der Waals surface area contributed by atoms with E-state index in [0.29, 0.717) is 67.3 Å². The van der Waals surface area contributed by atoms with E-state index in [1.54, 1.807) is 12.4 Å². The lowest BCUT2D eigenvalue weighted by Gasteiger charge is -2.25. The van der Waals surface area contributed by atoms with Crippen molar-refractivity contribution in [1.29, 1.82) is 0 Å². The van der Waals surface area contributed by atoms with Crippen molar-refractivity contribution in [2.75, 3.05) is 38.3 Å². The number of carbonyl (C=O) groups is 1. The highest BCUT2D eigenvalue weighted by atomic mass is 35.5. The zero-order valence-corrected chi connectivity index (χ0v) is 21.1. The first-order valence-corrected chi connectivity index (χ1v) is 12.4. The van der Waals surface area contributed by atoms with Crippen molar-refractivity contribution in [3.05, 3.63) is 64.1 Å². The third kappa shape index (κ3) is 6.49. The Bertz CT molecular complexity index is 1100. The van der Waals surface area contributed by atoms with Crippen LogP contribution in [0.2, 0.25) is 5.02 Å². The topological polar surface area (TPSA) is 93.7 Å². The lowest BCUT2D eigenvalue weighted by Crippen LogP contribution is -2.39. The van der Waals surface area contributed by atoms with Gasteiger partial charge in [-0.1, -0.05) is 36.8 Å². The molecule has 3 heterocycles. The summed E-state index contributed by atoms with van der Waals surface area (Å²) in [6.07, 6.45) is 4.66. The molecular formula is C25H29ClN4O4S. The zero-order chi connectivity index (χ0) is 24.6. The summed E-state index contributed by atoms with van der Waals surface area (Å²) in [4.78, 5) is 17.3. The molecule has 186 valence electrons. The summed E-state index contributed by atoms with van der Waals surface area (Å²) < 4.78 is 17.1. The summed E-state index contributed by atoms with van der Waals surface area (Å²) in [5, 5.41) is 10.2. The SMILES string of the molecule is CCc1c(Cl)cccc1NC(=S)C1=C(NCc2ccncc2OCC2COCCO2)CCNC1=O. The third-order valence-corrected chi connectivity index (χ3v) is 6.47. The predicted octanol–water partition coefficient (Wildman–Crippen LogP) is 3.39. The van der Waals surface area contributed by atoms with E-state index in [4.69, 9.17) is 38.0 Å². The van der Waals surface area contributed by atoms with Crippen LogP contribution >= 0.6 is 23.8 Å². The molecule has 8 nitrogen and oxygen atoms in total. The number of halogens is 1. The van der Waals surface area contributed by atoms with E-state index >= 15 is 0 Å². The summed E-state index contributed by atoms with van der Waals surface area (Å²) in [6, 6.07) is 7.50. The minimum absolute atomic E-state index is 0.107. The minimum Gasteiger partial charge on any atom is -0.489 e. The van der Waals surface area contributed by atoms with Crippen LogP contribution in [0.1, 0.15) is 24.5 Å². The van der Waals surface area contributed by atoms with Gasteiger partial charge >= 0.3 is 0 Å². The van der Waals surface area contributed by atoms with Crippen LogP contribution in [-0.4, -0.2) is 55.0 Å². The summed E-state index contributed by atoms with van der Waals surface area (Å²) in [6.45, 7) is 5.07. The lowest BCUT2D eigenvalue weighted by atomic mass is 10.0. The zero-order valence-electron chi connectivity index (χ0n) is 19.6. The largest absolute Gasteiger partial charge is 0.489 e. The molecule has 1 fully saturated rings. The first kappa shape index (κ1) is 25.4. The van der Waals surface area contributed by atoms with Gasteiger partial charge in [-0.3, -0.25) is 9.78 Å². The van der Waals surface area contributed by atoms with Crippen molar-refractivity contribution >= 4 is 40.4 Å². The highest BCUT2D eigenvalue weighted by Gasteiger charge is 2.25. The van der Waals surface area contributed by atoms with E-state index < -0.39 is 0 Å². The Labute approximate surface area is 215 Å². The molecule has 10 heteroatoms. The molecule has 1 amide bonds. The molecule has 1 aromatic carbocycles. The van der Waals surface area contributed by atoms with Crippen LogP contribution in [0.25, 0.3) is 0 Å². The van der Waals surface area contributed by atoms with Crippen LogP contribution in [0.15, 0.2) is 47.9 Å². The number of amides is 1. The number of aromatic nitrogens is 1. The molecule has 0 bridgehead atoms. The quantitative estimate of drug-likeness (QED) is 0.437. The van der Waals surface area contributed by atoms with Gasteiger partial charge in [-0.05, 0) is 30.2 Å². The van der Waals surface area contributed by atoms with Gasteiger partial charge in [0, 0.05) is 47.7 Å². The van der Waals surface area contributed by atoms with E-state index in [1.165, 1.54) is 0 Å². The number of carbonyl (C=O) groups excluding carboxylic acids is 1. The number of hydrogen-bond donors (Lipinski definition) is 3. The number of ether oxygens (including phenoxy) is 3. The highest BCUT2D eigenvalue weighted by Crippen LogP contribution is 2.26. The number of thiocarbonyl (C=S) groups is 1. The minimum atomic E-state index is -0.211. The highest BCUT2D eigenvalue weighted by molar-refractivity contribution is 7.81. The second-order valence-electron chi connectivity index (χ2n) is 8.15. The second kappa shape index (κ2) is 12.3. The van der Waals surface area contributed by atoms with Gasteiger partial charge in [-0.15, -0.1) is 0 Å². The number of anilines is 1. The summed E-state index contributed by atoms with van der Waals surface area (Å²) in [7, 11) is 0. The van der Waals surface area contributed by atoms with Crippen molar-refractivity contribution in [3.8, 4) is 5.75 Å². The van der Waals surface area contributed by atoms with Crippen molar-refractivity contribution < 1.29 is 19.0 Å². The molecule has 2 aliphatic rings. The van der Waals surface area contributed by atoms with Gasteiger partial charge < -0.3 is 30.2 Å². The van der Waals surface area contributed by atoms with Gasteiger partial charge in [0.25, 0.3) is 5.91 Å². The van der Waals surface area contributed by atoms with Gasteiger partial charge in [-0.2, -0.15) is 0 Å². The molecule has 2 aliphatic heterocycles. The standard InChI is InChI=1S/C25H29ClN4O4S/c1-2-18-19(26)4-3-5-20(18)30-25(35)23-21(7-9-28-24(23)31)29-12-16-6-8-27-13-22(16)34-15-17-14-32-10-11-33-17/h3-6,8,13,17,29H,2,7,9-12,14-15H2,1H3,(H,28,31)(H,30,35). The van der Waals surface area contributed by atoms with Crippen LogP contribution in [0.5, 0.6) is 5.75 Å². The Morgan fingerprint density at radius 3 is 3.03 bits per heavy atom. The van der Waals surface area contributed by atoms with Crippen LogP contribution in [0.4, 0.5) is 5.69 Å². The van der Waals surface area contributed by atoms with Crippen LogP contribution in [-0.2, 0) is 27.2 Å². The number of pyridine rings is 1. The second-order valence-corrected chi connectivity index (χ2v) is 8.96. The Morgan fingerprint density at radius 2 is 2.23 bits per heavy atom. The maximum Gasteiger partial charge on any atom is 0.256 e. The summed E-state index contributed by atoms with van der Waals surface area (Å²) in [5.74, 6) is 0.445. The molecule has 0 saturated carbocycles. The smallest absolute Gasteiger partial charge is 0.256 e. The first-order valence-electron chi connectivity index (χ1n) is 11.7. The average Bonchev–Trinajstić information content (AvgIpc) is 2.87. The molecule has 1 unspecified atom stereocenters. The third-order valence-electron chi connectivity index (χ3n) is 5.81. The van der Waals surface area contributed by atoms with Crippen molar-refractivity contribution in [3.63, 3.8) is 0 Å². The molecule has 4 rings (SSSR count). The van der Waals surface area contributed by atoms with Gasteiger partial charge in [0.05, 0.1) is 31.6 Å².